The third-order valence-electron chi connectivity index (χ3n) is 2.70. The first-order valence-corrected chi connectivity index (χ1v) is 5.19. The van der Waals surface area contributed by atoms with E-state index in [1.165, 1.54) is 0 Å². The van der Waals surface area contributed by atoms with Crippen molar-refractivity contribution >= 4 is 0 Å². The normalized spacial score (nSPS) is 13.9. The highest BCUT2D eigenvalue weighted by Crippen LogP contribution is 2.26. The van der Waals surface area contributed by atoms with Gasteiger partial charge in [0.2, 0.25) is 0 Å². The van der Waals surface area contributed by atoms with Crippen LogP contribution < -0.4 is 5.73 Å². The SMILES string of the molecule is Cc1ccc(C(N)CCC(F)(F)F)cc1C. The van der Waals surface area contributed by atoms with E-state index in [0.717, 1.165) is 16.7 Å². The van der Waals surface area contributed by atoms with E-state index in [9.17, 15) is 13.2 Å². The molecule has 0 heterocycles. The maximum Gasteiger partial charge on any atom is 0.389 e. The molecule has 90 valence electrons. The Morgan fingerprint density at radius 3 is 2.31 bits per heavy atom. The summed E-state index contributed by atoms with van der Waals surface area (Å²) in [5.41, 5.74) is 8.66. The van der Waals surface area contributed by atoms with Crippen LogP contribution in [0.15, 0.2) is 18.2 Å². The quantitative estimate of drug-likeness (QED) is 0.844. The first-order valence-electron chi connectivity index (χ1n) is 5.19. The first kappa shape index (κ1) is 13.0. The van der Waals surface area contributed by atoms with Gasteiger partial charge in [-0.1, -0.05) is 18.2 Å². The molecule has 1 unspecified atom stereocenters. The fourth-order valence-corrected chi connectivity index (χ4v) is 1.48. The van der Waals surface area contributed by atoms with Crippen molar-refractivity contribution in [3.8, 4) is 0 Å². The molecule has 0 amide bonds. The van der Waals surface area contributed by atoms with E-state index in [1.54, 1.807) is 6.07 Å². The zero-order chi connectivity index (χ0) is 12.3. The maximum absolute atomic E-state index is 12.0. The van der Waals surface area contributed by atoms with Crippen LogP contribution in [0.5, 0.6) is 0 Å². The number of alkyl halides is 3. The van der Waals surface area contributed by atoms with Crippen molar-refractivity contribution in [3.05, 3.63) is 34.9 Å². The fourth-order valence-electron chi connectivity index (χ4n) is 1.48. The van der Waals surface area contributed by atoms with Crippen LogP contribution in [0.1, 0.15) is 35.6 Å². The molecule has 0 saturated heterocycles. The van der Waals surface area contributed by atoms with Gasteiger partial charge in [0.05, 0.1) is 0 Å². The zero-order valence-corrected chi connectivity index (χ0v) is 9.43. The van der Waals surface area contributed by atoms with Crippen molar-refractivity contribution in [2.45, 2.75) is 38.9 Å². The Kier molecular flexibility index (Phi) is 3.97. The minimum Gasteiger partial charge on any atom is -0.324 e. The summed E-state index contributed by atoms with van der Waals surface area (Å²) in [4.78, 5) is 0. The number of rotatable bonds is 3. The average Bonchev–Trinajstić information content (AvgIpc) is 2.17. The van der Waals surface area contributed by atoms with Crippen molar-refractivity contribution in [2.24, 2.45) is 5.73 Å². The summed E-state index contributed by atoms with van der Waals surface area (Å²) in [6.45, 7) is 3.88. The number of hydrogen-bond acceptors (Lipinski definition) is 1. The van der Waals surface area contributed by atoms with E-state index in [0.29, 0.717) is 0 Å². The summed E-state index contributed by atoms with van der Waals surface area (Å²) in [5.74, 6) is 0. The summed E-state index contributed by atoms with van der Waals surface area (Å²) in [6.07, 6.45) is -5.02. The summed E-state index contributed by atoms with van der Waals surface area (Å²) >= 11 is 0. The van der Waals surface area contributed by atoms with Gasteiger partial charge in [-0.15, -0.1) is 0 Å². The second kappa shape index (κ2) is 4.87. The van der Waals surface area contributed by atoms with Crippen LogP contribution in [-0.4, -0.2) is 6.18 Å². The van der Waals surface area contributed by atoms with Gasteiger partial charge in [0.1, 0.15) is 0 Å². The molecule has 1 rings (SSSR count). The molecule has 2 N–H and O–H groups in total. The van der Waals surface area contributed by atoms with E-state index in [2.05, 4.69) is 0 Å². The molecule has 4 heteroatoms. The molecule has 0 aliphatic heterocycles. The van der Waals surface area contributed by atoms with Gasteiger partial charge in [-0.2, -0.15) is 13.2 Å². The lowest BCUT2D eigenvalue weighted by atomic mass is 9.98. The summed E-state index contributed by atoms with van der Waals surface area (Å²) < 4.78 is 36.1. The molecule has 0 bridgehead atoms. The Bertz CT molecular complexity index is 358. The van der Waals surface area contributed by atoms with Crippen molar-refractivity contribution < 1.29 is 13.2 Å². The Labute approximate surface area is 93.5 Å². The molecule has 0 aliphatic carbocycles. The molecule has 0 saturated carbocycles. The van der Waals surface area contributed by atoms with Crippen LogP contribution >= 0.6 is 0 Å². The van der Waals surface area contributed by atoms with Crippen LogP contribution in [0, 0.1) is 13.8 Å². The number of aryl methyl sites for hydroxylation is 2. The van der Waals surface area contributed by atoms with Gasteiger partial charge in [-0.05, 0) is 37.0 Å². The molecule has 16 heavy (non-hydrogen) atoms. The van der Waals surface area contributed by atoms with Crippen molar-refractivity contribution in [3.63, 3.8) is 0 Å². The van der Waals surface area contributed by atoms with E-state index < -0.39 is 18.6 Å². The maximum atomic E-state index is 12.0. The lowest BCUT2D eigenvalue weighted by Crippen LogP contribution is -2.15. The largest absolute Gasteiger partial charge is 0.389 e. The number of hydrogen-bond donors (Lipinski definition) is 1. The molecule has 1 aromatic carbocycles. The second-order valence-electron chi connectivity index (χ2n) is 4.10. The molecule has 0 spiro atoms. The van der Waals surface area contributed by atoms with Gasteiger partial charge in [0.25, 0.3) is 0 Å². The number of halogens is 3. The molecule has 1 nitrogen and oxygen atoms in total. The van der Waals surface area contributed by atoms with Crippen LogP contribution in [0.25, 0.3) is 0 Å². The second-order valence-corrected chi connectivity index (χ2v) is 4.10. The van der Waals surface area contributed by atoms with Gasteiger partial charge in [-0.3, -0.25) is 0 Å². The van der Waals surface area contributed by atoms with Gasteiger partial charge in [-0.25, -0.2) is 0 Å². The lowest BCUT2D eigenvalue weighted by Gasteiger charge is -2.14. The van der Waals surface area contributed by atoms with E-state index in [1.807, 2.05) is 26.0 Å². The third-order valence-corrected chi connectivity index (χ3v) is 2.70. The molecule has 1 aromatic rings. The van der Waals surface area contributed by atoms with E-state index in [-0.39, 0.29) is 6.42 Å². The minimum atomic E-state index is -4.13. The highest BCUT2D eigenvalue weighted by atomic mass is 19.4. The summed E-state index contributed by atoms with van der Waals surface area (Å²) in [7, 11) is 0. The lowest BCUT2D eigenvalue weighted by molar-refractivity contribution is -0.136. The highest BCUT2D eigenvalue weighted by Gasteiger charge is 2.27. The molecule has 0 aromatic heterocycles. The molecule has 1 atom stereocenters. The Hall–Kier alpha value is -1.03. The standard InChI is InChI=1S/C12H16F3N/c1-8-3-4-10(7-9(8)2)11(16)5-6-12(13,14)15/h3-4,7,11H,5-6,16H2,1-2H3. The van der Waals surface area contributed by atoms with Gasteiger partial charge >= 0.3 is 6.18 Å². The Morgan fingerprint density at radius 2 is 1.81 bits per heavy atom. The minimum absolute atomic E-state index is 0.0635. The Balaban J connectivity index is 2.66. The molecular weight excluding hydrogens is 215 g/mol. The van der Waals surface area contributed by atoms with Crippen LogP contribution in [0.4, 0.5) is 13.2 Å². The number of benzene rings is 1. The monoisotopic (exact) mass is 231 g/mol. The average molecular weight is 231 g/mol. The van der Waals surface area contributed by atoms with Crippen molar-refractivity contribution in [1.29, 1.82) is 0 Å². The van der Waals surface area contributed by atoms with Crippen molar-refractivity contribution in [1.82, 2.24) is 0 Å². The van der Waals surface area contributed by atoms with Gasteiger partial charge in [0.15, 0.2) is 0 Å². The van der Waals surface area contributed by atoms with Gasteiger partial charge in [0, 0.05) is 12.5 Å². The molecule has 0 aliphatic rings. The summed E-state index contributed by atoms with van der Waals surface area (Å²) in [5, 5.41) is 0. The van der Waals surface area contributed by atoms with E-state index >= 15 is 0 Å². The third kappa shape index (κ3) is 3.85. The van der Waals surface area contributed by atoms with Crippen molar-refractivity contribution in [2.75, 3.05) is 0 Å². The van der Waals surface area contributed by atoms with Crippen LogP contribution in [0.2, 0.25) is 0 Å². The van der Waals surface area contributed by atoms with Crippen LogP contribution in [-0.2, 0) is 0 Å². The molecular formula is C12H16F3N. The topological polar surface area (TPSA) is 26.0 Å². The zero-order valence-electron chi connectivity index (χ0n) is 9.43. The highest BCUT2D eigenvalue weighted by molar-refractivity contribution is 5.31. The van der Waals surface area contributed by atoms with E-state index in [4.69, 9.17) is 5.73 Å². The Morgan fingerprint density at radius 1 is 1.19 bits per heavy atom. The molecule has 0 fully saturated rings. The molecule has 0 radical (unpaired) electrons. The van der Waals surface area contributed by atoms with Gasteiger partial charge < -0.3 is 5.73 Å². The first-order chi connectivity index (χ1) is 7.29. The predicted molar refractivity (Wildman–Crippen MR) is 58.1 cm³/mol. The van der Waals surface area contributed by atoms with Crippen LogP contribution in [0.3, 0.4) is 0 Å². The smallest absolute Gasteiger partial charge is 0.324 e. The fraction of sp³-hybridized carbons (Fsp3) is 0.500. The predicted octanol–water partition coefficient (Wildman–Crippen LogP) is 3.65. The summed E-state index contributed by atoms with van der Waals surface area (Å²) in [6, 6.07) is 5.00. The number of nitrogens with two attached hydrogens (primary N) is 1.